The molecule has 1 N–H and O–H groups in total. The first-order valence-corrected chi connectivity index (χ1v) is 8.43. The molecule has 1 aromatic heterocycles. The molecule has 0 aliphatic carbocycles. The molecule has 0 radical (unpaired) electrons. The van der Waals surface area contributed by atoms with Crippen molar-refractivity contribution in [2.24, 2.45) is 0 Å². The molecular weight excluding hydrogens is 348 g/mol. The molecule has 138 valence electrons. The summed E-state index contributed by atoms with van der Waals surface area (Å²) < 4.78 is 69.3. The molecule has 0 saturated heterocycles. The van der Waals surface area contributed by atoms with E-state index in [9.17, 15) is 22.1 Å². The fourth-order valence-corrected chi connectivity index (χ4v) is 2.42. The van der Waals surface area contributed by atoms with E-state index in [1.165, 1.54) is 6.20 Å². The Kier molecular flexibility index (Phi) is 6.89. The van der Waals surface area contributed by atoms with E-state index >= 15 is 0 Å². The lowest BCUT2D eigenvalue weighted by Gasteiger charge is -2.26. The van der Waals surface area contributed by atoms with Gasteiger partial charge in [0.25, 0.3) is 0 Å². The quantitative estimate of drug-likeness (QED) is 0.586. The van der Waals surface area contributed by atoms with Crippen LogP contribution in [0.25, 0.3) is 0 Å². The van der Waals surface area contributed by atoms with Crippen LogP contribution in [0.2, 0.25) is 0 Å². The second kappa shape index (κ2) is 7.88. The van der Waals surface area contributed by atoms with Crippen molar-refractivity contribution in [2.75, 3.05) is 6.61 Å². The maximum absolute atomic E-state index is 12.9. The standard InChI is InChI=1S/C15H22F4N2O2S/c1-9-6-11(10(2)21-24(22)14(3,4)5)7-20-12(9)23-8-15(18,19)13(16)17/h6-7,10,13,21H,8H2,1-5H3. The van der Waals surface area contributed by atoms with Crippen LogP contribution >= 0.6 is 0 Å². The highest BCUT2D eigenvalue weighted by Crippen LogP contribution is 2.26. The topological polar surface area (TPSA) is 57.2 Å². The van der Waals surface area contributed by atoms with Gasteiger partial charge in [-0.3, -0.25) is 0 Å². The van der Waals surface area contributed by atoms with Crippen molar-refractivity contribution in [3.63, 3.8) is 0 Å². The molecule has 0 aliphatic heterocycles. The molecule has 1 heterocycles. The van der Waals surface area contributed by atoms with Gasteiger partial charge in [-0.25, -0.2) is 13.8 Å². The van der Waals surface area contributed by atoms with Crippen LogP contribution in [-0.4, -0.2) is 33.2 Å². The van der Waals surface area contributed by atoms with Gasteiger partial charge in [0.1, 0.15) is 4.75 Å². The molecule has 0 amide bonds. The van der Waals surface area contributed by atoms with Crippen LogP contribution in [0, 0.1) is 6.92 Å². The Labute approximate surface area is 142 Å². The molecule has 0 bridgehead atoms. The number of hydrogen-bond acceptors (Lipinski definition) is 4. The number of aromatic nitrogens is 1. The van der Waals surface area contributed by atoms with E-state index in [4.69, 9.17) is 4.74 Å². The number of aryl methyl sites for hydroxylation is 1. The number of alkyl halides is 4. The van der Waals surface area contributed by atoms with Crippen molar-refractivity contribution >= 4 is 11.4 Å². The van der Waals surface area contributed by atoms with Crippen molar-refractivity contribution in [1.82, 2.24) is 9.71 Å². The molecule has 0 fully saturated rings. The summed E-state index contributed by atoms with van der Waals surface area (Å²) in [6.07, 6.45) is -2.42. The van der Waals surface area contributed by atoms with Crippen molar-refractivity contribution in [3.8, 4) is 5.88 Å². The lowest BCUT2D eigenvalue weighted by Crippen LogP contribution is -2.40. The summed E-state index contributed by atoms with van der Waals surface area (Å²) in [5, 5.41) is 0. The lowest BCUT2D eigenvalue weighted by atomic mass is 10.1. The van der Waals surface area contributed by atoms with Gasteiger partial charge < -0.3 is 9.29 Å². The fraction of sp³-hybridized carbons (Fsp3) is 0.667. The lowest BCUT2D eigenvalue weighted by molar-refractivity contribution is -0.148. The van der Waals surface area contributed by atoms with Gasteiger partial charge in [0.2, 0.25) is 5.88 Å². The minimum atomic E-state index is -4.23. The number of nitrogens with one attached hydrogen (secondary N) is 1. The van der Waals surface area contributed by atoms with E-state index in [1.807, 2.05) is 20.8 Å². The zero-order chi connectivity index (χ0) is 18.7. The summed E-state index contributed by atoms with van der Waals surface area (Å²) >= 11 is -1.29. The first-order chi connectivity index (χ1) is 10.8. The molecule has 2 unspecified atom stereocenters. The first kappa shape index (κ1) is 21.0. The Morgan fingerprint density at radius 2 is 1.92 bits per heavy atom. The molecule has 24 heavy (non-hydrogen) atoms. The molecule has 4 nitrogen and oxygen atoms in total. The largest absolute Gasteiger partial charge is 0.598 e. The maximum Gasteiger partial charge on any atom is 0.340 e. The van der Waals surface area contributed by atoms with Crippen LogP contribution in [0.15, 0.2) is 12.3 Å². The Morgan fingerprint density at radius 3 is 2.38 bits per heavy atom. The Morgan fingerprint density at radius 1 is 1.33 bits per heavy atom. The molecule has 0 aliphatic rings. The van der Waals surface area contributed by atoms with Gasteiger partial charge in [0, 0.05) is 23.1 Å². The number of hydrogen-bond donors (Lipinski definition) is 1. The van der Waals surface area contributed by atoms with Crippen molar-refractivity contribution in [3.05, 3.63) is 23.4 Å². The minimum absolute atomic E-state index is 0.136. The van der Waals surface area contributed by atoms with Gasteiger partial charge in [-0.05, 0) is 46.2 Å². The SMILES string of the molecule is Cc1cc(C(C)N[S+]([O-])C(C)(C)C)cnc1OCC(F)(F)C(F)F. The van der Waals surface area contributed by atoms with E-state index in [2.05, 4.69) is 9.71 Å². The molecule has 2 atom stereocenters. The highest BCUT2D eigenvalue weighted by atomic mass is 32.2. The molecule has 0 saturated carbocycles. The third kappa shape index (κ3) is 5.78. The first-order valence-electron chi connectivity index (χ1n) is 7.28. The molecule has 1 aromatic rings. The van der Waals surface area contributed by atoms with E-state index < -0.39 is 35.1 Å². The number of halogens is 4. The monoisotopic (exact) mass is 370 g/mol. The van der Waals surface area contributed by atoms with Gasteiger partial charge in [0.15, 0.2) is 6.61 Å². The van der Waals surface area contributed by atoms with E-state index in [-0.39, 0.29) is 11.9 Å². The third-order valence-corrected chi connectivity index (χ3v) is 4.79. The smallest absolute Gasteiger partial charge is 0.340 e. The number of nitrogens with zero attached hydrogens (tertiary/aromatic N) is 1. The average Bonchev–Trinajstić information content (AvgIpc) is 2.44. The minimum Gasteiger partial charge on any atom is -0.598 e. The van der Waals surface area contributed by atoms with Gasteiger partial charge in [-0.15, -0.1) is 4.72 Å². The Hall–Kier alpha value is -1.06. The van der Waals surface area contributed by atoms with Crippen LogP contribution in [0.3, 0.4) is 0 Å². The number of pyridine rings is 1. The van der Waals surface area contributed by atoms with Gasteiger partial charge in [-0.1, -0.05) is 0 Å². The van der Waals surface area contributed by atoms with Crippen LogP contribution < -0.4 is 9.46 Å². The van der Waals surface area contributed by atoms with Crippen molar-refractivity contribution < 1.29 is 26.9 Å². The van der Waals surface area contributed by atoms with Crippen LogP contribution in [-0.2, 0) is 11.4 Å². The highest BCUT2D eigenvalue weighted by Gasteiger charge is 2.42. The average molecular weight is 370 g/mol. The van der Waals surface area contributed by atoms with Gasteiger partial charge >= 0.3 is 12.3 Å². The summed E-state index contributed by atoms with van der Waals surface area (Å²) in [6.45, 7) is 7.39. The highest BCUT2D eigenvalue weighted by molar-refractivity contribution is 7.90. The molecule has 9 heteroatoms. The Bertz CT molecular complexity index is 553. The molecule has 0 spiro atoms. The van der Waals surface area contributed by atoms with Crippen molar-refractivity contribution in [1.29, 1.82) is 0 Å². The molecular formula is C15H22F4N2O2S. The second-order valence-corrected chi connectivity index (χ2v) is 8.46. The van der Waals surface area contributed by atoms with Crippen LogP contribution in [0.1, 0.15) is 44.9 Å². The zero-order valence-corrected chi connectivity index (χ0v) is 15.0. The van der Waals surface area contributed by atoms with E-state index in [0.717, 1.165) is 0 Å². The van der Waals surface area contributed by atoms with Crippen molar-refractivity contribution in [2.45, 2.75) is 57.8 Å². The zero-order valence-electron chi connectivity index (χ0n) is 14.2. The summed E-state index contributed by atoms with van der Waals surface area (Å²) in [4.78, 5) is 3.89. The number of rotatable bonds is 7. The second-order valence-electron chi connectivity index (χ2n) is 6.46. The summed E-state index contributed by atoms with van der Waals surface area (Å²) in [5.41, 5.74) is 1.10. The van der Waals surface area contributed by atoms with E-state index in [0.29, 0.717) is 11.1 Å². The predicted molar refractivity (Wildman–Crippen MR) is 84.9 cm³/mol. The van der Waals surface area contributed by atoms with Gasteiger partial charge in [0.05, 0.1) is 6.04 Å². The predicted octanol–water partition coefficient (Wildman–Crippen LogP) is 3.78. The summed E-state index contributed by atoms with van der Waals surface area (Å²) in [7, 11) is 0. The molecule has 0 aromatic carbocycles. The van der Waals surface area contributed by atoms with E-state index in [1.54, 1.807) is 19.9 Å². The summed E-state index contributed by atoms with van der Waals surface area (Å²) in [6, 6.07) is 1.33. The normalized spacial score (nSPS) is 15.5. The number of ether oxygens (including phenoxy) is 1. The van der Waals surface area contributed by atoms with Crippen LogP contribution in [0.5, 0.6) is 5.88 Å². The molecule has 1 rings (SSSR count). The van der Waals surface area contributed by atoms with Gasteiger partial charge in [-0.2, -0.15) is 8.78 Å². The Balaban J connectivity index is 2.77. The van der Waals surface area contributed by atoms with Crippen LogP contribution in [0.4, 0.5) is 17.6 Å². The fourth-order valence-electron chi connectivity index (χ4n) is 1.60. The third-order valence-electron chi connectivity index (χ3n) is 3.11. The maximum atomic E-state index is 12.9. The summed E-state index contributed by atoms with van der Waals surface area (Å²) in [5.74, 6) is -4.37.